The van der Waals surface area contributed by atoms with Crippen molar-refractivity contribution in [3.05, 3.63) is 51.1 Å². The van der Waals surface area contributed by atoms with Gasteiger partial charge in [0.25, 0.3) is 5.56 Å². The average molecular weight is 337 g/mol. The number of fused-ring (bicyclic) bond motifs is 1. The van der Waals surface area contributed by atoms with Crippen molar-refractivity contribution < 1.29 is 4.74 Å². The van der Waals surface area contributed by atoms with Crippen LogP contribution in [0.2, 0.25) is 0 Å². The second-order valence-electron chi connectivity index (χ2n) is 6.65. The first-order valence-electron chi connectivity index (χ1n) is 8.44. The summed E-state index contributed by atoms with van der Waals surface area (Å²) in [4.78, 5) is 18.7. The van der Waals surface area contributed by atoms with Crippen molar-refractivity contribution in [2.45, 2.75) is 26.5 Å². The lowest BCUT2D eigenvalue weighted by Crippen LogP contribution is -2.50. The van der Waals surface area contributed by atoms with E-state index in [2.05, 4.69) is 16.1 Å². The number of nitriles is 1. The Labute approximate surface area is 145 Å². The predicted octanol–water partition coefficient (Wildman–Crippen LogP) is 1.03. The van der Waals surface area contributed by atoms with Crippen LogP contribution in [0, 0.1) is 24.2 Å². The molecule has 0 bridgehead atoms. The highest BCUT2D eigenvalue weighted by Gasteiger charge is 2.31. The second kappa shape index (κ2) is 6.30. The Balaban J connectivity index is 1.49. The Morgan fingerprint density at radius 3 is 3.04 bits per heavy atom. The van der Waals surface area contributed by atoms with Gasteiger partial charge in [0, 0.05) is 37.1 Å². The maximum atomic E-state index is 11.9. The first kappa shape index (κ1) is 15.8. The van der Waals surface area contributed by atoms with Gasteiger partial charge >= 0.3 is 0 Å². The van der Waals surface area contributed by atoms with E-state index < -0.39 is 0 Å². The fourth-order valence-electron chi connectivity index (χ4n) is 3.38. The van der Waals surface area contributed by atoms with Gasteiger partial charge in [0.1, 0.15) is 11.9 Å². The molecule has 128 valence electrons. The molecule has 0 amide bonds. The molecule has 2 aliphatic rings. The summed E-state index contributed by atoms with van der Waals surface area (Å²) in [5, 5.41) is 13.7. The maximum Gasteiger partial charge on any atom is 0.266 e. The molecule has 2 aliphatic heterocycles. The molecular weight excluding hydrogens is 318 g/mol. The highest BCUT2D eigenvalue weighted by atomic mass is 16.5. The summed E-state index contributed by atoms with van der Waals surface area (Å²) in [5.74, 6) is 1.09. The molecule has 0 radical (unpaired) electrons. The molecular formula is C18H19N5O2. The zero-order chi connectivity index (χ0) is 17.4. The van der Waals surface area contributed by atoms with E-state index in [1.165, 1.54) is 4.68 Å². The molecule has 0 spiro atoms. The molecule has 2 aromatic heterocycles. The van der Waals surface area contributed by atoms with E-state index in [1.807, 2.05) is 13.0 Å². The van der Waals surface area contributed by atoms with Crippen LogP contribution in [0.1, 0.15) is 22.5 Å². The SMILES string of the molecule is Cc1ccc(=O)n(CC2CN(c3nc4c(cc3C#N)COCC4)C2)n1. The molecule has 4 heterocycles. The molecule has 0 N–H and O–H groups in total. The number of anilines is 1. The summed E-state index contributed by atoms with van der Waals surface area (Å²) in [5.41, 5.74) is 3.39. The fourth-order valence-corrected chi connectivity index (χ4v) is 3.38. The van der Waals surface area contributed by atoms with Gasteiger partial charge in [-0.2, -0.15) is 10.4 Å². The van der Waals surface area contributed by atoms with Crippen LogP contribution in [0.3, 0.4) is 0 Å². The van der Waals surface area contributed by atoms with Gasteiger partial charge in [-0.3, -0.25) is 4.79 Å². The summed E-state index contributed by atoms with van der Waals surface area (Å²) in [6.45, 7) is 5.23. The summed E-state index contributed by atoms with van der Waals surface area (Å²) in [6.07, 6.45) is 0.786. The number of nitrogens with zero attached hydrogens (tertiary/aromatic N) is 5. The zero-order valence-electron chi connectivity index (χ0n) is 14.1. The lowest BCUT2D eigenvalue weighted by Gasteiger charge is -2.40. The largest absolute Gasteiger partial charge is 0.376 e. The smallest absolute Gasteiger partial charge is 0.266 e. The normalized spacial score (nSPS) is 16.9. The average Bonchev–Trinajstić information content (AvgIpc) is 2.59. The van der Waals surface area contributed by atoms with Gasteiger partial charge in [-0.25, -0.2) is 9.67 Å². The van der Waals surface area contributed by atoms with Gasteiger partial charge < -0.3 is 9.64 Å². The van der Waals surface area contributed by atoms with E-state index in [1.54, 1.807) is 12.1 Å². The molecule has 7 nitrogen and oxygen atoms in total. The van der Waals surface area contributed by atoms with Crippen LogP contribution in [0.4, 0.5) is 5.82 Å². The molecule has 0 atom stereocenters. The van der Waals surface area contributed by atoms with Crippen molar-refractivity contribution in [1.82, 2.24) is 14.8 Å². The lowest BCUT2D eigenvalue weighted by atomic mass is 9.98. The van der Waals surface area contributed by atoms with Gasteiger partial charge in [0.05, 0.1) is 36.7 Å². The number of rotatable bonds is 3. The van der Waals surface area contributed by atoms with E-state index in [9.17, 15) is 10.1 Å². The number of aromatic nitrogens is 3. The maximum absolute atomic E-state index is 11.9. The van der Waals surface area contributed by atoms with Crippen molar-refractivity contribution in [3.63, 3.8) is 0 Å². The Kier molecular flexibility index (Phi) is 3.98. The third-order valence-electron chi connectivity index (χ3n) is 4.72. The van der Waals surface area contributed by atoms with E-state index in [0.29, 0.717) is 31.2 Å². The van der Waals surface area contributed by atoms with Crippen LogP contribution in [-0.4, -0.2) is 34.5 Å². The number of hydrogen-bond donors (Lipinski definition) is 0. The highest BCUT2D eigenvalue weighted by molar-refractivity contribution is 5.57. The van der Waals surface area contributed by atoms with Crippen molar-refractivity contribution in [2.75, 3.05) is 24.6 Å². The van der Waals surface area contributed by atoms with Crippen LogP contribution in [0.5, 0.6) is 0 Å². The van der Waals surface area contributed by atoms with E-state index >= 15 is 0 Å². The summed E-state index contributed by atoms with van der Waals surface area (Å²) in [7, 11) is 0. The molecule has 0 unspecified atom stereocenters. The van der Waals surface area contributed by atoms with Gasteiger partial charge in [-0.1, -0.05) is 0 Å². The Morgan fingerprint density at radius 2 is 2.24 bits per heavy atom. The number of pyridine rings is 1. The minimum absolute atomic E-state index is 0.0753. The van der Waals surface area contributed by atoms with Crippen LogP contribution >= 0.6 is 0 Å². The first-order chi connectivity index (χ1) is 12.1. The molecule has 7 heteroatoms. The fraction of sp³-hybridized carbons (Fsp3) is 0.444. The van der Waals surface area contributed by atoms with E-state index in [-0.39, 0.29) is 5.56 Å². The Bertz CT molecular complexity index is 909. The van der Waals surface area contributed by atoms with E-state index in [4.69, 9.17) is 9.72 Å². The minimum Gasteiger partial charge on any atom is -0.376 e. The molecule has 0 saturated carbocycles. The van der Waals surface area contributed by atoms with E-state index in [0.717, 1.165) is 42.3 Å². The third-order valence-corrected chi connectivity index (χ3v) is 4.72. The van der Waals surface area contributed by atoms with Gasteiger partial charge in [-0.15, -0.1) is 0 Å². The van der Waals surface area contributed by atoms with Gasteiger partial charge in [0.2, 0.25) is 0 Å². The third kappa shape index (κ3) is 3.01. The minimum atomic E-state index is -0.0753. The molecule has 4 rings (SSSR count). The summed E-state index contributed by atoms with van der Waals surface area (Å²) in [6, 6.07) is 7.43. The van der Waals surface area contributed by atoms with Crippen LogP contribution in [0.25, 0.3) is 0 Å². The monoisotopic (exact) mass is 337 g/mol. The number of hydrogen-bond acceptors (Lipinski definition) is 6. The summed E-state index contributed by atoms with van der Waals surface area (Å²) >= 11 is 0. The Hall–Kier alpha value is -2.72. The topological polar surface area (TPSA) is 84.0 Å². The van der Waals surface area contributed by atoms with Crippen molar-refractivity contribution >= 4 is 5.82 Å². The molecule has 1 saturated heterocycles. The standard InChI is InChI=1S/C18H19N5O2/c1-12-2-3-17(24)23(21-12)10-13-8-22(9-13)18-14(7-19)6-15-11-25-5-4-16(15)20-18/h2-3,6,13H,4-5,8-11H2,1H3. The first-order valence-corrected chi connectivity index (χ1v) is 8.44. The number of aryl methyl sites for hydroxylation is 1. The predicted molar refractivity (Wildman–Crippen MR) is 91.2 cm³/mol. The van der Waals surface area contributed by atoms with Crippen molar-refractivity contribution in [1.29, 1.82) is 5.26 Å². The second-order valence-corrected chi connectivity index (χ2v) is 6.65. The molecule has 1 fully saturated rings. The molecule has 0 aliphatic carbocycles. The lowest BCUT2D eigenvalue weighted by molar-refractivity contribution is 0.109. The van der Waals surface area contributed by atoms with Crippen molar-refractivity contribution in [2.24, 2.45) is 5.92 Å². The van der Waals surface area contributed by atoms with Gasteiger partial charge in [-0.05, 0) is 19.1 Å². The number of ether oxygens (including phenoxy) is 1. The molecule has 25 heavy (non-hydrogen) atoms. The quantitative estimate of drug-likeness (QED) is 0.832. The Morgan fingerprint density at radius 1 is 1.40 bits per heavy atom. The highest BCUT2D eigenvalue weighted by Crippen LogP contribution is 2.29. The van der Waals surface area contributed by atoms with Gasteiger partial charge in [0.15, 0.2) is 0 Å². The molecule has 2 aromatic rings. The van der Waals surface area contributed by atoms with Crippen LogP contribution in [0.15, 0.2) is 23.0 Å². The molecule has 0 aromatic carbocycles. The summed E-state index contributed by atoms with van der Waals surface area (Å²) < 4.78 is 6.97. The van der Waals surface area contributed by atoms with Crippen LogP contribution in [-0.2, 0) is 24.3 Å². The zero-order valence-corrected chi connectivity index (χ0v) is 14.1. The van der Waals surface area contributed by atoms with Crippen molar-refractivity contribution in [3.8, 4) is 6.07 Å². The van der Waals surface area contributed by atoms with Crippen LogP contribution < -0.4 is 10.5 Å².